The molecule has 2 atom stereocenters. The average Bonchev–Trinajstić information content (AvgIpc) is 3.22. The number of methoxy groups -OCH3 is 1. The molecule has 176 valence electrons. The quantitative estimate of drug-likeness (QED) is 0.239. The van der Waals surface area contributed by atoms with E-state index in [0.29, 0.717) is 30.1 Å². The highest BCUT2D eigenvalue weighted by molar-refractivity contribution is 7.49. The number of aliphatic hydroxyl groups excluding tert-OH is 1. The molecule has 1 N–H and O–H groups in total. The Morgan fingerprint density at radius 2 is 1.55 bits per heavy atom. The summed E-state index contributed by atoms with van der Waals surface area (Å²) in [6, 6.07) is 17.2. The van der Waals surface area contributed by atoms with E-state index in [1.165, 1.54) is 7.11 Å². The van der Waals surface area contributed by atoms with Crippen LogP contribution >= 0.6 is 7.82 Å². The number of esters is 1. The summed E-state index contributed by atoms with van der Waals surface area (Å²) >= 11 is 0. The van der Waals surface area contributed by atoms with Gasteiger partial charge in [0.25, 0.3) is 0 Å². The first kappa shape index (κ1) is 26.1. The lowest BCUT2D eigenvalue weighted by molar-refractivity contribution is -0.133. The number of carbonyl (C=O) groups excluding carboxylic acids is 1. The largest absolute Gasteiger partial charge is 0.646 e. The molecular formula is C25H29O7P. The molecule has 1 unspecified atom stereocenters. The van der Waals surface area contributed by atoms with Crippen LogP contribution < -0.4 is 9.05 Å². The van der Waals surface area contributed by atoms with Crippen molar-refractivity contribution >= 4 is 13.8 Å². The van der Waals surface area contributed by atoms with Crippen LogP contribution in [0.4, 0.5) is 0 Å². The second-order valence-corrected chi connectivity index (χ2v) is 8.23. The number of allylic oxidation sites excluding steroid dienone is 1. The predicted octanol–water partition coefficient (Wildman–Crippen LogP) is 5.37. The minimum Gasteiger partial charge on any atom is -0.459 e. The fourth-order valence-corrected chi connectivity index (χ4v) is 4.37. The molecule has 0 radical (unpaired) electrons. The van der Waals surface area contributed by atoms with Gasteiger partial charge in [-0.05, 0) is 36.3 Å². The summed E-state index contributed by atoms with van der Waals surface area (Å²) in [5, 5.41) is 9.71. The van der Waals surface area contributed by atoms with Crippen LogP contribution in [0.3, 0.4) is 0 Å². The van der Waals surface area contributed by atoms with Crippen LogP contribution in [0.15, 0.2) is 72.5 Å². The highest BCUT2D eigenvalue weighted by Crippen LogP contribution is 2.53. The van der Waals surface area contributed by atoms with Crippen molar-refractivity contribution in [3.63, 3.8) is 0 Å². The van der Waals surface area contributed by atoms with Crippen LogP contribution in [-0.4, -0.2) is 24.8 Å². The van der Waals surface area contributed by atoms with Gasteiger partial charge in [0.05, 0.1) is 7.11 Å². The maximum Gasteiger partial charge on any atom is 0.646 e. The van der Waals surface area contributed by atoms with Crippen molar-refractivity contribution in [1.29, 1.82) is 0 Å². The number of aliphatic hydroxyl groups is 1. The fraction of sp³-hybridized carbons (Fsp3) is 0.320. The molecule has 0 aromatic heterocycles. The fourth-order valence-electron chi connectivity index (χ4n) is 3.07. The molecule has 1 aliphatic carbocycles. The molecule has 0 heterocycles. The zero-order valence-corrected chi connectivity index (χ0v) is 19.9. The number of hydrogen-bond donors (Lipinski definition) is 1. The normalized spacial score (nSPS) is 16.8. The lowest BCUT2D eigenvalue weighted by Gasteiger charge is -2.20. The van der Waals surface area contributed by atoms with E-state index < -0.39 is 13.8 Å². The number of phosphoric acid groups is 1. The Kier molecular flexibility index (Phi) is 10.6. The van der Waals surface area contributed by atoms with E-state index in [4.69, 9.17) is 13.6 Å². The van der Waals surface area contributed by atoms with Gasteiger partial charge in [-0.2, -0.15) is 4.57 Å². The molecule has 2 aromatic rings. The molecule has 0 fully saturated rings. The van der Waals surface area contributed by atoms with E-state index in [2.05, 4.69) is 16.6 Å². The van der Waals surface area contributed by atoms with Gasteiger partial charge in [-0.25, -0.2) is 4.79 Å². The predicted molar refractivity (Wildman–Crippen MR) is 125 cm³/mol. The third-order valence-electron chi connectivity index (χ3n) is 4.57. The molecule has 3 rings (SSSR count). The highest BCUT2D eigenvalue weighted by Gasteiger charge is 2.37. The summed E-state index contributed by atoms with van der Waals surface area (Å²) in [6.45, 7) is 3.86. The molecule has 2 aromatic carbocycles. The number of para-hydroxylation sites is 2. The van der Waals surface area contributed by atoms with E-state index in [0.717, 1.165) is 0 Å². The van der Waals surface area contributed by atoms with Gasteiger partial charge in [0, 0.05) is 31.3 Å². The minimum atomic E-state index is -4.08. The number of rotatable bonds is 8. The van der Waals surface area contributed by atoms with Gasteiger partial charge in [-0.3, -0.25) is 0 Å². The Hall–Kier alpha value is -3.20. The van der Waals surface area contributed by atoms with Crippen LogP contribution in [0.2, 0.25) is 0 Å². The first-order valence-corrected chi connectivity index (χ1v) is 12.1. The van der Waals surface area contributed by atoms with Crippen molar-refractivity contribution in [3.05, 3.63) is 72.5 Å². The number of carbonyl (C=O) groups is 1. The van der Waals surface area contributed by atoms with E-state index >= 15 is 0 Å². The molecule has 0 aliphatic heterocycles. The Morgan fingerprint density at radius 1 is 1.00 bits per heavy atom. The third-order valence-corrected chi connectivity index (χ3v) is 5.90. The van der Waals surface area contributed by atoms with Gasteiger partial charge in [-0.1, -0.05) is 56.2 Å². The van der Waals surface area contributed by atoms with Crippen molar-refractivity contribution < 1.29 is 32.8 Å². The molecule has 0 amide bonds. The van der Waals surface area contributed by atoms with Crippen LogP contribution in [-0.2, 0) is 18.6 Å². The average molecular weight is 472 g/mol. The lowest BCUT2D eigenvalue weighted by Crippen LogP contribution is -2.11. The molecule has 1 aliphatic rings. The summed E-state index contributed by atoms with van der Waals surface area (Å²) < 4.78 is 35.0. The van der Waals surface area contributed by atoms with Gasteiger partial charge in [0.15, 0.2) is 0 Å². The number of hydrogen-bond acceptors (Lipinski definition) is 7. The van der Waals surface area contributed by atoms with E-state index in [1.807, 2.05) is 26.0 Å². The molecule has 0 saturated heterocycles. The third kappa shape index (κ3) is 8.34. The first-order valence-electron chi connectivity index (χ1n) is 10.7. The molecular weight excluding hydrogens is 443 g/mol. The maximum atomic E-state index is 13.5. The van der Waals surface area contributed by atoms with Crippen molar-refractivity contribution in [3.8, 4) is 23.3 Å². The van der Waals surface area contributed by atoms with Gasteiger partial charge in [-0.15, -0.1) is 0 Å². The second-order valence-electron chi connectivity index (χ2n) is 6.79. The highest BCUT2D eigenvalue weighted by atomic mass is 31.2. The lowest BCUT2D eigenvalue weighted by atomic mass is 9.93. The van der Waals surface area contributed by atoms with Crippen LogP contribution in [0.5, 0.6) is 11.5 Å². The van der Waals surface area contributed by atoms with Crippen LogP contribution in [0.1, 0.15) is 26.7 Å². The summed E-state index contributed by atoms with van der Waals surface area (Å²) in [7, 11) is -2.82. The van der Waals surface area contributed by atoms with Gasteiger partial charge in [0.1, 0.15) is 17.3 Å². The van der Waals surface area contributed by atoms with E-state index in [1.54, 1.807) is 54.6 Å². The zero-order chi connectivity index (χ0) is 24.1. The van der Waals surface area contributed by atoms with Gasteiger partial charge >= 0.3 is 13.8 Å². The van der Waals surface area contributed by atoms with Crippen molar-refractivity contribution in [2.75, 3.05) is 13.7 Å². The molecule has 0 bridgehead atoms. The smallest absolute Gasteiger partial charge is 0.459 e. The molecule has 8 heteroatoms. The molecule has 7 nitrogen and oxygen atoms in total. The number of benzene rings is 2. The topological polar surface area (TPSA) is 91.3 Å². The maximum absolute atomic E-state index is 13.5. The minimum absolute atomic E-state index is 0.112. The number of phosphoric ester groups is 1. The van der Waals surface area contributed by atoms with Crippen LogP contribution in [0.25, 0.3) is 0 Å². The van der Waals surface area contributed by atoms with Crippen molar-refractivity contribution in [2.45, 2.75) is 26.7 Å². The van der Waals surface area contributed by atoms with Gasteiger partial charge in [0.2, 0.25) is 0 Å². The van der Waals surface area contributed by atoms with Gasteiger partial charge < -0.3 is 23.4 Å². The summed E-state index contributed by atoms with van der Waals surface area (Å²) in [5.41, 5.74) is 0. The molecule has 0 saturated carbocycles. The monoisotopic (exact) mass is 472 g/mol. The Labute approximate surface area is 195 Å². The molecule has 33 heavy (non-hydrogen) atoms. The van der Waals surface area contributed by atoms with E-state index in [9.17, 15) is 14.5 Å². The zero-order valence-electron chi connectivity index (χ0n) is 19.0. The summed E-state index contributed by atoms with van der Waals surface area (Å²) in [6.07, 6.45) is 2.40. The van der Waals surface area contributed by atoms with Crippen LogP contribution in [0, 0.1) is 23.7 Å². The van der Waals surface area contributed by atoms with Crippen molar-refractivity contribution in [1.82, 2.24) is 0 Å². The van der Waals surface area contributed by atoms with E-state index in [-0.39, 0.29) is 18.4 Å². The summed E-state index contributed by atoms with van der Waals surface area (Å²) in [4.78, 5) is 11.2. The molecule has 0 spiro atoms. The summed E-state index contributed by atoms with van der Waals surface area (Å²) in [5.74, 6) is 5.16. The van der Waals surface area contributed by atoms with Crippen molar-refractivity contribution in [2.24, 2.45) is 11.8 Å². The Bertz CT molecular complexity index is 964. The Morgan fingerprint density at radius 3 is 2.03 bits per heavy atom. The second kappa shape index (κ2) is 13.4. The SMILES string of the molecule is CC.COC(=O)C#CCC1CC(OP(=O)(Oc2ccccc2)Oc2ccccc2)=C[C@H]1CO. The standard InChI is InChI=1S/C23H23O7P.C2H6/c1-27-23(25)14-8-9-18-15-22(16-19(18)17-24)30-31(26,28-20-10-4-2-5-11-20)29-21-12-6-3-7-13-21;1-2/h2-7,10-13,16,18-19,24H,9,15,17H2,1H3;1-2H3/t18?,19-;/m0./s1. The number of ether oxygens (including phenoxy) is 1. The Balaban J connectivity index is 0.00000187. The first-order chi connectivity index (χ1) is 16.0.